The maximum absolute atomic E-state index is 6.00. The van der Waals surface area contributed by atoms with Gasteiger partial charge in [0, 0.05) is 44.2 Å². The van der Waals surface area contributed by atoms with Gasteiger partial charge in [0.1, 0.15) is 11.9 Å². The van der Waals surface area contributed by atoms with Crippen molar-refractivity contribution in [1.82, 2.24) is 14.9 Å². The van der Waals surface area contributed by atoms with E-state index in [1.807, 2.05) is 36.1 Å². The molecule has 0 spiro atoms. The van der Waals surface area contributed by atoms with Crippen molar-refractivity contribution in [2.24, 2.45) is 7.05 Å². The third kappa shape index (κ3) is 2.80. The highest BCUT2D eigenvalue weighted by Crippen LogP contribution is 2.35. The second kappa shape index (κ2) is 6.22. The lowest BCUT2D eigenvalue weighted by Gasteiger charge is -2.32. The first-order valence-electron chi connectivity index (χ1n) is 8.02. The number of fused-ring (bicyclic) bond motifs is 1. The summed E-state index contributed by atoms with van der Waals surface area (Å²) in [5.74, 6) is 2.65. The summed E-state index contributed by atoms with van der Waals surface area (Å²) in [6.07, 6.45) is 5.89. The fourth-order valence-corrected chi connectivity index (χ4v) is 3.27. The number of nitrogens with one attached hydrogen (secondary N) is 1. The molecule has 0 unspecified atom stereocenters. The molecule has 4 rings (SSSR count). The predicted molar refractivity (Wildman–Crippen MR) is 84.3 cm³/mol. The Morgan fingerprint density at radius 2 is 2.30 bits per heavy atom. The van der Waals surface area contributed by atoms with Gasteiger partial charge in [-0.15, -0.1) is 0 Å². The Hall–Kier alpha value is -2.05. The molecule has 2 aromatic rings. The maximum atomic E-state index is 6.00. The van der Waals surface area contributed by atoms with Crippen molar-refractivity contribution < 1.29 is 14.2 Å². The molecular weight excluding hydrogens is 294 g/mol. The van der Waals surface area contributed by atoms with E-state index in [9.17, 15) is 0 Å². The predicted octanol–water partition coefficient (Wildman–Crippen LogP) is 2.16. The molecule has 6 heteroatoms. The number of rotatable bonds is 4. The highest BCUT2D eigenvalue weighted by atomic mass is 16.7. The molecule has 0 amide bonds. The van der Waals surface area contributed by atoms with E-state index in [1.165, 1.54) is 0 Å². The number of hydrogen-bond acceptors (Lipinski definition) is 5. The van der Waals surface area contributed by atoms with Gasteiger partial charge in [-0.05, 0) is 18.9 Å². The van der Waals surface area contributed by atoms with Gasteiger partial charge < -0.3 is 24.1 Å². The van der Waals surface area contributed by atoms with Gasteiger partial charge in [-0.25, -0.2) is 4.98 Å². The van der Waals surface area contributed by atoms with Gasteiger partial charge in [-0.2, -0.15) is 0 Å². The summed E-state index contributed by atoms with van der Waals surface area (Å²) in [5.41, 5.74) is 1.11. The molecule has 0 saturated carbocycles. The Balaban J connectivity index is 1.49. The standard InChI is InChI=1S/C17H21N3O3/c1-20-8-7-18-17(20)16-13(5-3-9-21-16)19-10-12-4-2-6-14-15(12)23-11-22-14/h2,4,6-8,13,16,19H,3,5,9-11H2,1H3/t13-,16-/m0/s1. The summed E-state index contributed by atoms with van der Waals surface area (Å²) in [5, 5.41) is 3.62. The molecule has 23 heavy (non-hydrogen) atoms. The fourth-order valence-electron chi connectivity index (χ4n) is 3.27. The van der Waals surface area contributed by atoms with Crippen LogP contribution >= 0.6 is 0 Å². The second-order valence-electron chi connectivity index (χ2n) is 5.97. The van der Waals surface area contributed by atoms with Gasteiger partial charge in [0.2, 0.25) is 6.79 Å². The number of nitrogens with zero attached hydrogens (tertiary/aromatic N) is 2. The fraction of sp³-hybridized carbons (Fsp3) is 0.471. The number of para-hydroxylation sites is 1. The average molecular weight is 315 g/mol. The van der Waals surface area contributed by atoms with Gasteiger partial charge >= 0.3 is 0 Å². The summed E-state index contributed by atoms with van der Waals surface area (Å²) in [6.45, 7) is 1.81. The molecule has 1 fully saturated rings. The summed E-state index contributed by atoms with van der Waals surface area (Å²) < 4.78 is 19.0. The van der Waals surface area contributed by atoms with Crippen LogP contribution in [0.3, 0.4) is 0 Å². The normalized spacial score (nSPS) is 23.2. The number of benzene rings is 1. The van der Waals surface area contributed by atoms with Gasteiger partial charge in [0.05, 0.1) is 0 Å². The molecule has 1 aromatic carbocycles. The van der Waals surface area contributed by atoms with E-state index < -0.39 is 0 Å². The molecule has 0 bridgehead atoms. The number of aryl methyl sites for hydroxylation is 1. The largest absolute Gasteiger partial charge is 0.454 e. The molecule has 0 radical (unpaired) electrons. The minimum absolute atomic E-state index is 0.0160. The lowest BCUT2D eigenvalue weighted by atomic mass is 10.0. The summed E-state index contributed by atoms with van der Waals surface area (Å²) >= 11 is 0. The van der Waals surface area contributed by atoms with Crippen LogP contribution in [-0.2, 0) is 18.3 Å². The Morgan fingerprint density at radius 3 is 3.17 bits per heavy atom. The lowest BCUT2D eigenvalue weighted by Crippen LogP contribution is -2.40. The van der Waals surface area contributed by atoms with Crippen LogP contribution in [0.1, 0.15) is 30.3 Å². The third-order valence-electron chi connectivity index (χ3n) is 4.47. The molecule has 2 aliphatic heterocycles. The SMILES string of the molecule is Cn1ccnc1[C@H]1OCCC[C@@H]1NCc1cccc2c1OCO2. The summed E-state index contributed by atoms with van der Waals surface area (Å²) in [7, 11) is 2.01. The molecule has 2 atom stereocenters. The average Bonchev–Trinajstić information content (AvgIpc) is 3.22. The zero-order valence-electron chi connectivity index (χ0n) is 13.2. The van der Waals surface area contributed by atoms with Gasteiger partial charge in [-0.3, -0.25) is 0 Å². The van der Waals surface area contributed by atoms with E-state index in [1.54, 1.807) is 0 Å². The zero-order valence-corrected chi connectivity index (χ0v) is 13.2. The van der Waals surface area contributed by atoms with E-state index in [0.717, 1.165) is 48.9 Å². The number of hydrogen-bond donors (Lipinski definition) is 1. The van der Waals surface area contributed by atoms with Crippen molar-refractivity contribution in [3.63, 3.8) is 0 Å². The summed E-state index contributed by atoms with van der Waals surface area (Å²) in [4.78, 5) is 4.46. The van der Waals surface area contributed by atoms with Crippen LogP contribution in [0.25, 0.3) is 0 Å². The molecule has 2 aliphatic rings. The van der Waals surface area contributed by atoms with Gasteiger partial charge in [-0.1, -0.05) is 12.1 Å². The minimum Gasteiger partial charge on any atom is -0.454 e. The topological polar surface area (TPSA) is 57.5 Å². The highest BCUT2D eigenvalue weighted by Gasteiger charge is 2.30. The van der Waals surface area contributed by atoms with Crippen LogP contribution in [0.15, 0.2) is 30.6 Å². The zero-order chi connectivity index (χ0) is 15.6. The number of aromatic nitrogens is 2. The smallest absolute Gasteiger partial charge is 0.231 e. The molecule has 122 valence electrons. The molecule has 1 aromatic heterocycles. The van der Waals surface area contributed by atoms with Crippen LogP contribution in [0.2, 0.25) is 0 Å². The molecule has 0 aliphatic carbocycles. The van der Waals surface area contributed by atoms with E-state index in [0.29, 0.717) is 6.79 Å². The Bertz CT molecular complexity index is 685. The second-order valence-corrected chi connectivity index (χ2v) is 5.97. The maximum Gasteiger partial charge on any atom is 0.231 e. The van der Waals surface area contributed by atoms with Crippen LogP contribution in [0, 0.1) is 0 Å². The first-order valence-corrected chi connectivity index (χ1v) is 8.02. The van der Waals surface area contributed by atoms with Crippen molar-refractivity contribution in [2.45, 2.75) is 31.5 Å². The van der Waals surface area contributed by atoms with Crippen molar-refractivity contribution in [3.8, 4) is 11.5 Å². The van der Waals surface area contributed by atoms with E-state index in [2.05, 4.69) is 16.4 Å². The first-order chi connectivity index (χ1) is 11.3. The van der Waals surface area contributed by atoms with Crippen LogP contribution in [0.4, 0.5) is 0 Å². The van der Waals surface area contributed by atoms with E-state index >= 15 is 0 Å². The number of ether oxygens (including phenoxy) is 3. The Labute approximate surface area is 135 Å². The molecule has 1 saturated heterocycles. The van der Waals surface area contributed by atoms with Crippen molar-refractivity contribution in [1.29, 1.82) is 0 Å². The van der Waals surface area contributed by atoms with Crippen molar-refractivity contribution in [3.05, 3.63) is 42.0 Å². The Kier molecular flexibility index (Phi) is 3.93. The van der Waals surface area contributed by atoms with Crippen LogP contribution in [-0.4, -0.2) is 29.0 Å². The lowest BCUT2D eigenvalue weighted by molar-refractivity contribution is -0.0178. The summed E-state index contributed by atoms with van der Waals surface area (Å²) in [6, 6.07) is 6.24. The van der Waals surface area contributed by atoms with Crippen LogP contribution < -0.4 is 14.8 Å². The number of imidazole rings is 1. The van der Waals surface area contributed by atoms with Crippen molar-refractivity contribution >= 4 is 0 Å². The quantitative estimate of drug-likeness (QED) is 0.937. The van der Waals surface area contributed by atoms with Crippen LogP contribution in [0.5, 0.6) is 11.5 Å². The van der Waals surface area contributed by atoms with E-state index in [-0.39, 0.29) is 12.1 Å². The highest BCUT2D eigenvalue weighted by molar-refractivity contribution is 5.48. The van der Waals surface area contributed by atoms with Gasteiger partial charge in [0.15, 0.2) is 11.5 Å². The first kappa shape index (κ1) is 14.5. The van der Waals surface area contributed by atoms with Crippen molar-refractivity contribution in [2.75, 3.05) is 13.4 Å². The molecule has 1 N–H and O–H groups in total. The third-order valence-corrected chi connectivity index (χ3v) is 4.47. The van der Waals surface area contributed by atoms with Gasteiger partial charge in [0.25, 0.3) is 0 Å². The molecule has 3 heterocycles. The molecule has 6 nitrogen and oxygen atoms in total. The van der Waals surface area contributed by atoms with E-state index in [4.69, 9.17) is 14.2 Å². The Morgan fingerprint density at radius 1 is 1.35 bits per heavy atom. The minimum atomic E-state index is -0.0160. The monoisotopic (exact) mass is 315 g/mol. The molecular formula is C17H21N3O3.